The molecule has 3 aliphatic carbocycles. The number of benzene rings is 1. The van der Waals surface area contributed by atoms with Gasteiger partial charge in [-0.25, -0.2) is 0 Å². The smallest absolute Gasteiger partial charge is 0.0533 e. The van der Waals surface area contributed by atoms with E-state index in [4.69, 9.17) is 0 Å². The number of thioether (sulfide) groups is 1. The fraction of sp³-hybridized carbons (Fsp3) is 0.280. The average molecular weight is 357 g/mol. The number of rotatable bonds is 3. The van der Waals surface area contributed by atoms with Crippen LogP contribution in [0.25, 0.3) is 6.08 Å². The van der Waals surface area contributed by atoms with Crippen molar-refractivity contribution in [3.05, 3.63) is 98.0 Å². The van der Waals surface area contributed by atoms with Gasteiger partial charge in [-0.15, -0.1) is 11.8 Å². The van der Waals surface area contributed by atoms with Gasteiger partial charge in [-0.1, -0.05) is 48.6 Å². The molecule has 0 radical (unpaired) electrons. The number of fused-ring (bicyclic) bond motifs is 3. The van der Waals surface area contributed by atoms with E-state index in [1.807, 2.05) is 11.8 Å². The van der Waals surface area contributed by atoms with Gasteiger partial charge in [-0.3, -0.25) is 0 Å². The standard InChI is InChI=1S/C25H24S/c1-15-12-20-13-23-16(2)17(3)26-25(23)14-24(20)21(15)11-10-19-9-8-18-6-4-5-7-22(18)19/h4-9,12-14,19,25H,10-11H2,1-3H3. The molecule has 130 valence electrons. The van der Waals surface area contributed by atoms with Gasteiger partial charge in [-0.05, 0) is 89.2 Å². The zero-order valence-corrected chi connectivity index (χ0v) is 16.5. The van der Waals surface area contributed by atoms with Crippen molar-refractivity contribution in [1.82, 2.24) is 0 Å². The number of allylic oxidation sites excluding steroid dienone is 9. The Bertz CT molecular complexity index is 991. The topological polar surface area (TPSA) is 0 Å². The van der Waals surface area contributed by atoms with Crippen LogP contribution in [0.15, 0.2) is 86.9 Å². The molecule has 0 fully saturated rings. The first-order chi connectivity index (χ1) is 12.6. The molecule has 4 aliphatic rings. The first-order valence-electron chi connectivity index (χ1n) is 9.59. The largest absolute Gasteiger partial charge is 0.118 e. The highest BCUT2D eigenvalue weighted by atomic mass is 32.2. The van der Waals surface area contributed by atoms with Gasteiger partial charge in [0.15, 0.2) is 0 Å². The van der Waals surface area contributed by atoms with Crippen LogP contribution in [0.5, 0.6) is 0 Å². The second kappa shape index (κ2) is 6.03. The maximum absolute atomic E-state index is 2.52. The van der Waals surface area contributed by atoms with Crippen LogP contribution in [0.4, 0.5) is 0 Å². The zero-order chi connectivity index (χ0) is 17.8. The molecule has 5 rings (SSSR count). The lowest BCUT2D eigenvalue weighted by Gasteiger charge is -2.20. The third-order valence-corrected chi connectivity index (χ3v) is 7.60. The Morgan fingerprint density at radius 3 is 2.77 bits per heavy atom. The quantitative estimate of drug-likeness (QED) is 0.556. The summed E-state index contributed by atoms with van der Waals surface area (Å²) in [5.74, 6) is 0.567. The van der Waals surface area contributed by atoms with Crippen molar-refractivity contribution in [3.8, 4) is 0 Å². The van der Waals surface area contributed by atoms with Gasteiger partial charge in [0.05, 0.1) is 5.25 Å². The van der Waals surface area contributed by atoms with Crippen LogP contribution < -0.4 is 0 Å². The van der Waals surface area contributed by atoms with Gasteiger partial charge >= 0.3 is 0 Å². The van der Waals surface area contributed by atoms with Crippen molar-refractivity contribution in [1.29, 1.82) is 0 Å². The molecule has 1 aromatic rings. The van der Waals surface area contributed by atoms with Gasteiger partial charge in [0.1, 0.15) is 0 Å². The molecule has 0 N–H and O–H groups in total. The van der Waals surface area contributed by atoms with E-state index >= 15 is 0 Å². The van der Waals surface area contributed by atoms with E-state index in [0.29, 0.717) is 11.2 Å². The summed E-state index contributed by atoms with van der Waals surface area (Å²) in [4.78, 5) is 1.48. The van der Waals surface area contributed by atoms with Crippen LogP contribution in [-0.2, 0) is 0 Å². The minimum Gasteiger partial charge on any atom is -0.118 e. The van der Waals surface area contributed by atoms with Crippen LogP contribution in [0, 0.1) is 0 Å². The van der Waals surface area contributed by atoms with Crippen LogP contribution in [-0.4, -0.2) is 5.25 Å². The van der Waals surface area contributed by atoms with E-state index in [0.717, 1.165) is 6.42 Å². The summed E-state index contributed by atoms with van der Waals surface area (Å²) in [6.07, 6.45) is 14.4. The van der Waals surface area contributed by atoms with Crippen molar-refractivity contribution in [3.63, 3.8) is 0 Å². The lowest BCUT2D eigenvalue weighted by atomic mass is 9.86. The summed E-state index contributed by atoms with van der Waals surface area (Å²) < 4.78 is 0. The molecule has 2 unspecified atom stereocenters. The Morgan fingerprint density at radius 1 is 1.04 bits per heavy atom. The maximum Gasteiger partial charge on any atom is 0.0533 e. The molecule has 0 spiro atoms. The Balaban J connectivity index is 1.37. The summed E-state index contributed by atoms with van der Waals surface area (Å²) in [5, 5.41) is 0.523. The first-order valence-corrected chi connectivity index (χ1v) is 10.5. The second-order valence-corrected chi connectivity index (χ2v) is 9.15. The second-order valence-electron chi connectivity index (χ2n) is 7.79. The highest BCUT2D eigenvalue weighted by Crippen LogP contribution is 2.49. The van der Waals surface area contributed by atoms with Crippen LogP contribution in [0.3, 0.4) is 0 Å². The lowest BCUT2D eigenvalue weighted by molar-refractivity contribution is 0.742. The summed E-state index contributed by atoms with van der Waals surface area (Å²) >= 11 is 2.02. The van der Waals surface area contributed by atoms with Crippen molar-refractivity contribution in [2.75, 3.05) is 0 Å². The predicted octanol–water partition coefficient (Wildman–Crippen LogP) is 7.11. The van der Waals surface area contributed by atoms with Gasteiger partial charge in [-0.2, -0.15) is 0 Å². The fourth-order valence-corrected chi connectivity index (χ4v) is 5.95. The zero-order valence-electron chi connectivity index (χ0n) is 15.7. The highest BCUT2D eigenvalue weighted by molar-refractivity contribution is 8.04. The lowest BCUT2D eigenvalue weighted by Crippen LogP contribution is -2.08. The molecule has 0 nitrogen and oxygen atoms in total. The summed E-state index contributed by atoms with van der Waals surface area (Å²) in [7, 11) is 0. The Hall–Kier alpha value is -1.99. The Kier molecular flexibility index (Phi) is 3.76. The number of hydrogen-bond acceptors (Lipinski definition) is 1. The normalized spacial score (nSPS) is 25.9. The average Bonchev–Trinajstić information content (AvgIpc) is 3.26. The first kappa shape index (κ1) is 16.2. The molecule has 1 heterocycles. The molecule has 1 heteroatoms. The summed E-state index contributed by atoms with van der Waals surface area (Å²) in [6, 6.07) is 8.83. The predicted molar refractivity (Wildman–Crippen MR) is 114 cm³/mol. The van der Waals surface area contributed by atoms with E-state index < -0.39 is 0 Å². The Morgan fingerprint density at radius 2 is 1.88 bits per heavy atom. The highest BCUT2D eigenvalue weighted by Gasteiger charge is 2.31. The van der Waals surface area contributed by atoms with Gasteiger partial charge in [0, 0.05) is 5.92 Å². The van der Waals surface area contributed by atoms with Gasteiger partial charge in [0.25, 0.3) is 0 Å². The molecule has 1 aliphatic heterocycles. The molecule has 0 saturated heterocycles. The Labute approximate surface area is 160 Å². The van der Waals surface area contributed by atoms with Crippen molar-refractivity contribution < 1.29 is 0 Å². The molecule has 0 bridgehead atoms. The minimum atomic E-state index is 0.523. The van der Waals surface area contributed by atoms with Crippen LogP contribution in [0.2, 0.25) is 0 Å². The van der Waals surface area contributed by atoms with Crippen LogP contribution >= 0.6 is 11.8 Å². The van der Waals surface area contributed by atoms with E-state index in [1.54, 1.807) is 5.57 Å². The summed E-state index contributed by atoms with van der Waals surface area (Å²) in [6.45, 7) is 6.82. The molecular formula is C25H24S. The fourth-order valence-electron chi connectivity index (χ4n) is 4.70. The number of hydrogen-bond donors (Lipinski definition) is 0. The molecular weight excluding hydrogens is 332 g/mol. The van der Waals surface area contributed by atoms with E-state index in [1.165, 1.54) is 50.3 Å². The van der Waals surface area contributed by atoms with Crippen molar-refractivity contribution >= 4 is 17.8 Å². The molecule has 26 heavy (non-hydrogen) atoms. The van der Waals surface area contributed by atoms with Crippen molar-refractivity contribution in [2.45, 2.75) is 44.8 Å². The maximum atomic E-state index is 2.52. The summed E-state index contributed by atoms with van der Waals surface area (Å²) in [5.41, 5.74) is 11.9. The molecule has 0 amide bonds. The monoisotopic (exact) mass is 356 g/mol. The van der Waals surface area contributed by atoms with Crippen LogP contribution in [0.1, 0.15) is 50.7 Å². The molecule has 1 aromatic carbocycles. The third-order valence-electron chi connectivity index (χ3n) is 6.29. The SMILES string of the molecule is CC1=C(CCC2C=Cc3ccccc32)C2=CC3SC(C)=C(C)C3=CC2=C1. The van der Waals surface area contributed by atoms with E-state index in [2.05, 4.69) is 75.4 Å². The molecule has 0 aromatic heterocycles. The van der Waals surface area contributed by atoms with Crippen molar-refractivity contribution in [2.24, 2.45) is 0 Å². The molecule has 2 atom stereocenters. The van der Waals surface area contributed by atoms with E-state index in [-0.39, 0.29) is 0 Å². The third kappa shape index (κ3) is 2.45. The minimum absolute atomic E-state index is 0.523. The van der Waals surface area contributed by atoms with E-state index in [9.17, 15) is 0 Å². The van der Waals surface area contributed by atoms with Gasteiger partial charge < -0.3 is 0 Å². The molecule has 0 saturated carbocycles. The van der Waals surface area contributed by atoms with Gasteiger partial charge in [0.2, 0.25) is 0 Å².